The monoisotopic (exact) mass is 394 g/mol. The van der Waals surface area contributed by atoms with Crippen LogP contribution in [0, 0.1) is 5.82 Å². The van der Waals surface area contributed by atoms with Gasteiger partial charge < -0.3 is 16.0 Å². The van der Waals surface area contributed by atoms with Gasteiger partial charge in [-0.1, -0.05) is 0 Å². The van der Waals surface area contributed by atoms with Crippen molar-refractivity contribution in [2.45, 2.75) is 31.2 Å². The highest BCUT2D eigenvalue weighted by Crippen LogP contribution is 2.25. The van der Waals surface area contributed by atoms with Gasteiger partial charge in [-0.05, 0) is 39.0 Å². The second-order valence-corrected chi connectivity index (χ2v) is 9.12. The first-order valence-corrected chi connectivity index (χ1v) is 9.82. The maximum atomic E-state index is 14.3. The Morgan fingerprint density at radius 3 is 2.48 bits per heavy atom. The van der Waals surface area contributed by atoms with Crippen LogP contribution >= 0.6 is 0 Å². The number of nitrogens with two attached hydrogens (primary N) is 1. The average Bonchev–Trinajstić information content (AvgIpc) is 2.85. The number of aromatic nitrogens is 4. The molecule has 4 N–H and O–H groups in total. The molecule has 0 aliphatic carbocycles. The maximum Gasteiger partial charge on any atom is 0.328 e. The predicted octanol–water partition coefficient (Wildman–Crippen LogP) is 1.74. The molecule has 0 spiro atoms. The van der Waals surface area contributed by atoms with Crippen LogP contribution in [0.3, 0.4) is 0 Å². The van der Waals surface area contributed by atoms with Gasteiger partial charge in [0, 0.05) is 11.8 Å². The molecule has 0 unspecified atom stereocenters. The number of hydrogen-bond donors (Lipinski definition) is 3. The molecule has 11 heteroatoms. The second-order valence-electron chi connectivity index (χ2n) is 7.11. The van der Waals surface area contributed by atoms with E-state index in [4.69, 9.17) is 5.73 Å². The molecule has 0 aliphatic heterocycles. The number of H-pyrrole nitrogens is 1. The minimum absolute atomic E-state index is 0.0239. The van der Waals surface area contributed by atoms with Crippen molar-refractivity contribution < 1.29 is 12.8 Å². The van der Waals surface area contributed by atoms with Gasteiger partial charge in [-0.15, -0.1) is 0 Å². The number of imidazole rings is 1. The number of anilines is 3. The number of benzene rings is 1. The summed E-state index contributed by atoms with van der Waals surface area (Å²) in [6.45, 7) is 5.49. The molecule has 9 nitrogen and oxygen atoms in total. The van der Waals surface area contributed by atoms with E-state index in [2.05, 4.69) is 20.3 Å². The summed E-state index contributed by atoms with van der Waals surface area (Å²) in [6, 6.07) is 3.44. The Morgan fingerprint density at radius 2 is 1.93 bits per heavy atom. The number of fused-ring (bicyclic) bond motifs is 1. The summed E-state index contributed by atoms with van der Waals surface area (Å²) >= 11 is 0. The van der Waals surface area contributed by atoms with E-state index in [1.165, 1.54) is 16.7 Å². The smallest absolute Gasteiger partial charge is 0.328 e. The highest BCUT2D eigenvalue weighted by molar-refractivity contribution is 7.90. The van der Waals surface area contributed by atoms with E-state index in [0.29, 0.717) is 0 Å². The van der Waals surface area contributed by atoms with Gasteiger partial charge in [0.1, 0.15) is 11.3 Å². The number of halogens is 1. The quantitative estimate of drug-likeness (QED) is 0.615. The number of nitrogens with one attached hydrogen (secondary N) is 2. The lowest BCUT2D eigenvalue weighted by molar-refractivity contribution is 0.395. The molecule has 0 fully saturated rings. The summed E-state index contributed by atoms with van der Waals surface area (Å²) < 4.78 is 38.7. The van der Waals surface area contributed by atoms with E-state index >= 15 is 0 Å². The molecule has 3 aromatic rings. The van der Waals surface area contributed by atoms with Crippen LogP contribution in [-0.2, 0) is 15.4 Å². The standard InChI is InChI=1S/C16H19FN6O3S/c1-16(2,3)23-13-11(20-15(23)24)12(18)21-14(22-13)19-10-6-5-8(7-9(10)17)27(4,25)26/h5-7H,1-4H3,(H,20,24)(H3,18,19,21,22). The van der Waals surface area contributed by atoms with Crippen molar-refractivity contribution in [3.05, 3.63) is 34.5 Å². The minimum Gasteiger partial charge on any atom is -0.382 e. The van der Waals surface area contributed by atoms with Gasteiger partial charge in [-0.2, -0.15) is 9.97 Å². The van der Waals surface area contributed by atoms with Crippen molar-refractivity contribution in [2.24, 2.45) is 0 Å². The van der Waals surface area contributed by atoms with Crippen molar-refractivity contribution >= 4 is 38.5 Å². The van der Waals surface area contributed by atoms with Crippen molar-refractivity contribution in [3.8, 4) is 0 Å². The van der Waals surface area contributed by atoms with Crippen LogP contribution in [0.25, 0.3) is 11.2 Å². The van der Waals surface area contributed by atoms with Crippen molar-refractivity contribution in [1.29, 1.82) is 0 Å². The largest absolute Gasteiger partial charge is 0.382 e. The predicted molar refractivity (Wildman–Crippen MR) is 100 cm³/mol. The first-order chi connectivity index (χ1) is 12.4. The number of aromatic amines is 1. The molecule has 27 heavy (non-hydrogen) atoms. The summed E-state index contributed by atoms with van der Waals surface area (Å²) in [5.41, 5.74) is 5.48. The highest BCUT2D eigenvalue weighted by Gasteiger charge is 2.23. The zero-order chi connectivity index (χ0) is 20.1. The number of sulfone groups is 1. The van der Waals surface area contributed by atoms with Crippen LogP contribution in [0.4, 0.5) is 21.8 Å². The molecule has 0 bridgehead atoms. The van der Waals surface area contributed by atoms with Crippen LogP contribution < -0.4 is 16.7 Å². The summed E-state index contributed by atoms with van der Waals surface area (Å²) in [5.74, 6) is -0.791. The number of hydrogen-bond acceptors (Lipinski definition) is 7. The Bertz CT molecular complexity index is 1210. The number of nitrogen functional groups attached to an aromatic ring is 1. The van der Waals surface area contributed by atoms with Gasteiger partial charge in [-0.25, -0.2) is 17.6 Å². The van der Waals surface area contributed by atoms with Crippen molar-refractivity contribution in [3.63, 3.8) is 0 Å². The normalized spacial score (nSPS) is 12.5. The van der Waals surface area contributed by atoms with Gasteiger partial charge in [0.05, 0.1) is 10.6 Å². The third kappa shape index (κ3) is 3.50. The molecule has 0 saturated heterocycles. The van der Waals surface area contributed by atoms with Gasteiger partial charge in [0.25, 0.3) is 0 Å². The van der Waals surface area contributed by atoms with E-state index in [1.54, 1.807) is 0 Å². The highest BCUT2D eigenvalue weighted by atomic mass is 32.2. The fraction of sp³-hybridized carbons (Fsp3) is 0.312. The van der Waals surface area contributed by atoms with Crippen LogP contribution in [0.5, 0.6) is 0 Å². The van der Waals surface area contributed by atoms with Gasteiger partial charge in [0.15, 0.2) is 21.3 Å². The summed E-state index contributed by atoms with van der Waals surface area (Å²) in [4.78, 5) is 23.0. The van der Waals surface area contributed by atoms with Crippen LogP contribution in [-0.4, -0.2) is 34.2 Å². The molecule has 0 aliphatic rings. The topological polar surface area (TPSA) is 136 Å². The lowest BCUT2D eigenvalue weighted by Crippen LogP contribution is -2.32. The fourth-order valence-electron chi connectivity index (χ4n) is 2.63. The van der Waals surface area contributed by atoms with Gasteiger partial charge >= 0.3 is 5.69 Å². The molecule has 2 heterocycles. The summed E-state index contributed by atoms with van der Waals surface area (Å²) in [7, 11) is -3.53. The van der Waals surface area contributed by atoms with E-state index in [-0.39, 0.29) is 39.2 Å². The molecule has 0 amide bonds. The average molecular weight is 394 g/mol. The zero-order valence-corrected chi connectivity index (χ0v) is 16.0. The molecule has 144 valence electrons. The third-order valence-electron chi connectivity index (χ3n) is 3.85. The minimum atomic E-state index is -3.53. The second kappa shape index (κ2) is 6.05. The number of nitrogens with zero attached hydrogens (tertiary/aromatic N) is 3. The zero-order valence-electron chi connectivity index (χ0n) is 15.2. The molecular formula is C16H19FN6O3S. The Labute approximate surface area is 154 Å². The summed E-state index contributed by atoms with van der Waals surface area (Å²) in [5, 5.41) is 2.67. The lowest BCUT2D eigenvalue weighted by atomic mass is 10.1. The lowest BCUT2D eigenvalue weighted by Gasteiger charge is -2.20. The summed E-state index contributed by atoms with van der Waals surface area (Å²) in [6.07, 6.45) is 0.990. The van der Waals surface area contributed by atoms with E-state index in [9.17, 15) is 17.6 Å². The fourth-order valence-corrected chi connectivity index (χ4v) is 3.27. The van der Waals surface area contributed by atoms with Crippen molar-refractivity contribution in [2.75, 3.05) is 17.3 Å². The molecule has 0 saturated carbocycles. The molecule has 1 aromatic carbocycles. The van der Waals surface area contributed by atoms with Crippen LogP contribution in [0.1, 0.15) is 20.8 Å². The first kappa shape index (κ1) is 18.8. The van der Waals surface area contributed by atoms with Crippen LogP contribution in [0.15, 0.2) is 27.9 Å². The number of rotatable bonds is 3. The Balaban J connectivity index is 2.10. The van der Waals surface area contributed by atoms with Gasteiger partial charge in [-0.3, -0.25) is 4.57 Å². The molecule has 0 atom stereocenters. The van der Waals surface area contributed by atoms with E-state index in [0.717, 1.165) is 12.3 Å². The van der Waals surface area contributed by atoms with Crippen LogP contribution in [0.2, 0.25) is 0 Å². The Hall–Kier alpha value is -2.95. The Kier molecular flexibility index (Phi) is 4.22. The van der Waals surface area contributed by atoms with Crippen molar-refractivity contribution in [1.82, 2.24) is 19.5 Å². The molecular weight excluding hydrogens is 375 g/mol. The SMILES string of the molecule is CC(C)(C)n1c(=O)[nH]c2c(N)nc(Nc3ccc(S(C)(=O)=O)cc3F)nc21. The molecule has 2 aromatic heterocycles. The first-order valence-electron chi connectivity index (χ1n) is 7.93. The molecule has 3 rings (SSSR count). The Morgan fingerprint density at radius 1 is 1.26 bits per heavy atom. The maximum absolute atomic E-state index is 14.3. The third-order valence-corrected chi connectivity index (χ3v) is 4.96. The van der Waals surface area contributed by atoms with Gasteiger partial charge in [0.2, 0.25) is 5.95 Å². The van der Waals surface area contributed by atoms with E-state index in [1.807, 2.05) is 20.8 Å². The molecule has 0 radical (unpaired) electrons. The van der Waals surface area contributed by atoms with E-state index < -0.39 is 21.2 Å².